The molecular weight excluding hydrogens is 222 g/mol. The van der Waals surface area contributed by atoms with Crippen molar-refractivity contribution < 1.29 is 4.74 Å². The Morgan fingerprint density at radius 2 is 2.38 bits per heavy atom. The second kappa shape index (κ2) is 4.94. The average molecular weight is 235 g/mol. The van der Waals surface area contributed by atoms with E-state index < -0.39 is 0 Å². The first kappa shape index (κ1) is 10.9. The minimum Gasteiger partial charge on any atom is -0.481 e. The van der Waals surface area contributed by atoms with Crippen LogP contribution in [-0.2, 0) is 6.54 Å². The maximum Gasteiger partial charge on any atom is 0.214 e. The summed E-state index contributed by atoms with van der Waals surface area (Å²) in [6.45, 7) is 2.72. The Balaban J connectivity index is 1.99. The number of thiazole rings is 1. The molecule has 4 nitrogen and oxygen atoms in total. The molecule has 0 spiro atoms. The fraction of sp³-hybridized carbons (Fsp3) is 0.273. The molecule has 0 amide bonds. The monoisotopic (exact) mass is 235 g/mol. The highest BCUT2D eigenvalue weighted by atomic mass is 32.1. The molecule has 0 unspecified atom stereocenters. The zero-order valence-electron chi connectivity index (χ0n) is 9.23. The molecule has 0 aliphatic carbocycles. The van der Waals surface area contributed by atoms with E-state index in [1.165, 1.54) is 0 Å². The Kier molecular flexibility index (Phi) is 3.36. The summed E-state index contributed by atoms with van der Waals surface area (Å²) in [4.78, 5) is 8.42. The van der Waals surface area contributed by atoms with E-state index in [2.05, 4.69) is 20.7 Å². The number of ether oxygens (including phenoxy) is 1. The molecule has 5 heteroatoms. The Morgan fingerprint density at radius 1 is 1.50 bits per heavy atom. The fourth-order valence-corrected chi connectivity index (χ4v) is 1.93. The molecule has 0 aliphatic rings. The molecule has 2 aromatic rings. The van der Waals surface area contributed by atoms with Crippen LogP contribution in [0.4, 0.5) is 5.69 Å². The molecule has 0 fully saturated rings. The molecule has 16 heavy (non-hydrogen) atoms. The molecule has 2 aromatic heterocycles. The quantitative estimate of drug-likeness (QED) is 0.884. The van der Waals surface area contributed by atoms with Gasteiger partial charge in [0.25, 0.3) is 0 Å². The normalized spacial score (nSPS) is 10.1. The molecule has 0 bridgehead atoms. The molecule has 0 aromatic carbocycles. The third-order valence-electron chi connectivity index (χ3n) is 2.08. The first-order valence-corrected chi connectivity index (χ1v) is 5.81. The number of nitrogens with one attached hydrogen (secondary N) is 1. The maximum atomic E-state index is 5.05. The molecule has 2 heterocycles. The predicted octanol–water partition coefficient (Wildman–Crippen LogP) is 2.47. The number of pyridine rings is 1. The fourth-order valence-electron chi connectivity index (χ4n) is 1.31. The number of hydrogen-bond acceptors (Lipinski definition) is 5. The van der Waals surface area contributed by atoms with Crippen LogP contribution < -0.4 is 10.1 Å². The second-order valence-corrected chi connectivity index (χ2v) is 4.36. The van der Waals surface area contributed by atoms with E-state index >= 15 is 0 Å². The van der Waals surface area contributed by atoms with Gasteiger partial charge in [-0.15, -0.1) is 11.3 Å². The van der Waals surface area contributed by atoms with Crippen molar-refractivity contribution >= 4 is 17.0 Å². The summed E-state index contributed by atoms with van der Waals surface area (Å²) in [5.41, 5.74) is 2.04. The Bertz CT molecular complexity index is 470. The lowest BCUT2D eigenvalue weighted by atomic mass is 10.4. The number of hydrogen-bond donors (Lipinski definition) is 1. The van der Waals surface area contributed by atoms with Gasteiger partial charge in [-0.05, 0) is 13.0 Å². The van der Waals surface area contributed by atoms with Crippen molar-refractivity contribution in [3.05, 3.63) is 34.4 Å². The van der Waals surface area contributed by atoms with Crippen molar-refractivity contribution in [1.29, 1.82) is 0 Å². The zero-order valence-corrected chi connectivity index (χ0v) is 10.0. The number of methoxy groups -OCH3 is 1. The van der Waals surface area contributed by atoms with Crippen LogP contribution in [-0.4, -0.2) is 17.1 Å². The van der Waals surface area contributed by atoms with Crippen LogP contribution in [0.2, 0.25) is 0 Å². The molecule has 0 saturated carbocycles. The SMILES string of the molecule is COc1cc(NCc2csc(C)n2)ccn1. The van der Waals surface area contributed by atoms with Gasteiger partial charge in [-0.25, -0.2) is 9.97 Å². The van der Waals surface area contributed by atoms with Gasteiger partial charge < -0.3 is 10.1 Å². The highest BCUT2D eigenvalue weighted by molar-refractivity contribution is 7.09. The number of rotatable bonds is 4. The summed E-state index contributed by atoms with van der Waals surface area (Å²) >= 11 is 1.66. The van der Waals surface area contributed by atoms with Crippen LogP contribution in [0, 0.1) is 6.92 Å². The zero-order chi connectivity index (χ0) is 11.4. The van der Waals surface area contributed by atoms with Gasteiger partial charge in [-0.2, -0.15) is 0 Å². The molecule has 0 radical (unpaired) electrons. The third-order valence-corrected chi connectivity index (χ3v) is 2.91. The van der Waals surface area contributed by atoms with Crippen LogP contribution in [0.3, 0.4) is 0 Å². The molecular formula is C11H13N3OS. The molecule has 84 valence electrons. The lowest BCUT2D eigenvalue weighted by Crippen LogP contribution is -2.00. The Hall–Kier alpha value is -1.62. The van der Waals surface area contributed by atoms with Gasteiger partial charge in [-0.3, -0.25) is 0 Å². The van der Waals surface area contributed by atoms with Crippen molar-refractivity contribution in [3.8, 4) is 5.88 Å². The molecule has 0 aliphatic heterocycles. The predicted molar refractivity (Wildman–Crippen MR) is 65.0 cm³/mol. The van der Waals surface area contributed by atoms with Crippen LogP contribution in [0.15, 0.2) is 23.7 Å². The highest BCUT2D eigenvalue weighted by Gasteiger charge is 1.99. The van der Waals surface area contributed by atoms with Gasteiger partial charge in [0.15, 0.2) is 0 Å². The second-order valence-electron chi connectivity index (χ2n) is 3.30. The van der Waals surface area contributed by atoms with Gasteiger partial charge >= 0.3 is 0 Å². The lowest BCUT2D eigenvalue weighted by Gasteiger charge is -2.05. The standard InChI is InChI=1S/C11H13N3OS/c1-8-14-10(7-16-8)6-13-9-3-4-12-11(5-9)15-2/h3-5,7H,6H2,1-2H3,(H,12,13). The number of aryl methyl sites for hydroxylation is 1. The summed E-state index contributed by atoms with van der Waals surface area (Å²) in [6.07, 6.45) is 1.72. The maximum absolute atomic E-state index is 5.05. The molecule has 2 rings (SSSR count). The van der Waals surface area contributed by atoms with E-state index in [0.29, 0.717) is 5.88 Å². The van der Waals surface area contributed by atoms with Gasteiger partial charge in [0.1, 0.15) is 0 Å². The summed E-state index contributed by atoms with van der Waals surface area (Å²) in [7, 11) is 1.61. The van der Waals surface area contributed by atoms with E-state index in [-0.39, 0.29) is 0 Å². The van der Waals surface area contributed by atoms with Gasteiger partial charge in [0.2, 0.25) is 5.88 Å². The summed E-state index contributed by atoms with van der Waals surface area (Å²) in [5, 5.41) is 6.42. The van der Waals surface area contributed by atoms with E-state index in [0.717, 1.165) is 22.9 Å². The van der Waals surface area contributed by atoms with Crippen molar-refractivity contribution in [2.24, 2.45) is 0 Å². The summed E-state index contributed by atoms with van der Waals surface area (Å²) in [5.74, 6) is 0.611. The van der Waals surface area contributed by atoms with E-state index in [4.69, 9.17) is 4.74 Å². The van der Waals surface area contributed by atoms with Crippen LogP contribution in [0.1, 0.15) is 10.7 Å². The van der Waals surface area contributed by atoms with Crippen molar-refractivity contribution in [3.63, 3.8) is 0 Å². The Morgan fingerprint density at radius 3 is 3.06 bits per heavy atom. The van der Waals surface area contributed by atoms with Gasteiger partial charge in [0, 0.05) is 23.3 Å². The largest absolute Gasteiger partial charge is 0.481 e. The first-order valence-electron chi connectivity index (χ1n) is 4.93. The van der Waals surface area contributed by atoms with Crippen molar-refractivity contribution in [1.82, 2.24) is 9.97 Å². The van der Waals surface area contributed by atoms with E-state index in [1.807, 2.05) is 19.1 Å². The highest BCUT2D eigenvalue weighted by Crippen LogP contribution is 2.15. The minimum atomic E-state index is 0.611. The topological polar surface area (TPSA) is 47.0 Å². The van der Waals surface area contributed by atoms with Crippen molar-refractivity contribution in [2.75, 3.05) is 12.4 Å². The van der Waals surface area contributed by atoms with Gasteiger partial charge in [-0.1, -0.05) is 0 Å². The van der Waals surface area contributed by atoms with Crippen LogP contribution >= 0.6 is 11.3 Å². The van der Waals surface area contributed by atoms with E-state index in [1.54, 1.807) is 24.6 Å². The summed E-state index contributed by atoms with van der Waals surface area (Å²) < 4.78 is 5.05. The van der Waals surface area contributed by atoms with Crippen molar-refractivity contribution in [2.45, 2.75) is 13.5 Å². The number of aromatic nitrogens is 2. The minimum absolute atomic E-state index is 0.611. The molecule has 0 saturated heterocycles. The number of anilines is 1. The third kappa shape index (κ3) is 2.70. The summed E-state index contributed by atoms with van der Waals surface area (Å²) in [6, 6.07) is 3.76. The van der Waals surface area contributed by atoms with Gasteiger partial charge in [0.05, 0.1) is 24.4 Å². The lowest BCUT2D eigenvalue weighted by molar-refractivity contribution is 0.398. The smallest absolute Gasteiger partial charge is 0.214 e. The molecule has 1 N–H and O–H groups in total. The average Bonchev–Trinajstić information content (AvgIpc) is 2.73. The van der Waals surface area contributed by atoms with E-state index in [9.17, 15) is 0 Å². The first-order chi connectivity index (χ1) is 7.78. The molecule has 0 atom stereocenters. The Labute approximate surface area is 98.3 Å². The van der Waals surface area contributed by atoms with Crippen LogP contribution in [0.5, 0.6) is 5.88 Å². The van der Waals surface area contributed by atoms with Crippen LogP contribution in [0.25, 0.3) is 0 Å². The number of nitrogens with zero attached hydrogens (tertiary/aromatic N) is 2.